The second kappa shape index (κ2) is 6.36. The van der Waals surface area contributed by atoms with E-state index in [-0.39, 0.29) is 12.0 Å². The summed E-state index contributed by atoms with van der Waals surface area (Å²) in [5.74, 6) is -0.745. The zero-order valence-electron chi connectivity index (χ0n) is 13.7. The summed E-state index contributed by atoms with van der Waals surface area (Å²) in [5.41, 5.74) is 7.41. The van der Waals surface area contributed by atoms with Gasteiger partial charge in [0.15, 0.2) is 5.75 Å². The van der Waals surface area contributed by atoms with Crippen LogP contribution in [0, 0.1) is 0 Å². The predicted molar refractivity (Wildman–Crippen MR) is 89.5 cm³/mol. The Bertz CT molecular complexity index is 1010. The number of hydrogen-bond acceptors (Lipinski definition) is 6. The number of methoxy groups -OCH3 is 1. The molecule has 0 spiro atoms. The molecule has 9 nitrogen and oxygen atoms in total. The van der Waals surface area contributed by atoms with E-state index in [4.69, 9.17) is 15.6 Å². The van der Waals surface area contributed by atoms with Crippen LogP contribution in [0.5, 0.6) is 5.75 Å². The second-order valence-corrected chi connectivity index (χ2v) is 5.52. The van der Waals surface area contributed by atoms with Crippen LogP contribution < -0.4 is 16.0 Å². The minimum Gasteiger partial charge on any atom is -0.494 e. The molecule has 0 saturated carbocycles. The SMILES string of the molecule is COc1cnn(C)c(=O)c1-c1ccc(C[C@H](N)C(=O)O)n2ccnc12. The molecule has 3 aromatic rings. The lowest BCUT2D eigenvalue weighted by Gasteiger charge is -2.13. The fraction of sp³-hybridized carbons (Fsp3) is 0.250. The molecule has 25 heavy (non-hydrogen) atoms. The number of pyridine rings is 1. The van der Waals surface area contributed by atoms with Crippen molar-refractivity contribution in [3.8, 4) is 16.9 Å². The minimum atomic E-state index is -1.08. The topological polar surface area (TPSA) is 125 Å². The third kappa shape index (κ3) is 2.85. The van der Waals surface area contributed by atoms with Crippen LogP contribution in [0.2, 0.25) is 0 Å². The molecule has 3 rings (SSSR count). The number of ether oxygens (including phenoxy) is 1. The lowest BCUT2D eigenvalue weighted by molar-refractivity contribution is -0.138. The smallest absolute Gasteiger partial charge is 0.320 e. The van der Waals surface area contributed by atoms with Crippen molar-refractivity contribution in [2.75, 3.05) is 7.11 Å². The molecule has 0 bridgehead atoms. The summed E-state index contributed by atoms with van der Waals surface area (Å²) >= 11 is 0. The van der Waals surface area contributed by atoms with E-state index in [0.29, 0.717) is 28.2 Å². The van der Waals surface area contributed by atoms with Crippen LogP contribution in [0.25, 0.3) is 16.8 Å². The van der Waals surface area contributed by atoms with E-state index in [2.05, 4.69) is 10.1 Å². The van der Waals surface area contributed by atoms with Gasteiger partial charge in [0.25, 0.3) is 5.56 Å². The number of carboxylic acids is 1. The Morgan fingerprint density at radius 2 is 2.20 bits per heavy atom. The number of aryl methyl sites for hydroxylation is 1. The number of aromatic nitrogens is 4. The maximum absolute atomic E-state index is 12.6. The van der Waals surface area contributed by atoms with Crippen LogP contribution in [-0.2, 0) is 18.3 Å². The standard InChI is InChI=1S/C16H17N5O4/c1-20-15(22)13(12(25-2)8-19-20)10-4-3-9(7-11(17)16(23)24)21-6-5-18-14(10)21/h3-6,8,11H,7,17H2,1-2H3,(H,23,24)/t11-/m0/s1. The molecule has 3 aromatic heterocycles. The summed E-state index contributed by atoms with van der Waals surface area (Å²) in [5, 5.41) is 13.0. The minimum absolute atomic E-state index is 0.133. The molecule has 1 atom stereocenters. The van der Waals surface area contributed by atoms with Crippen molar-refractivity contribution in [2.45, 2.75) is 12.5 Å². The summed E-state index contributed by atoms with van der Waals surface area (Å²) < 4.78 is 8.21. The largest absolute Gasteiger partial charge is 0.494 e. The average Bonchev–Trinajstić information content (AvgIpc) is 3.08. The lowest BCUT2D eigenvalue weighted by Crippen LogP contribution is -2.32. The molecule has 0 saturated heterocycles. The highest BCUT2D eigenvalue weighted by Crippen LogP contribution is 2.29. The van der Waals surface area contributed by atoms with Crippen LogP contribution >= 0.6 is 0 Å². The van der Waals surface area contributed by atoms with Crippen LogP contribution in [0.3, 0.4) is 0 Å². The molecule has 0 unspecified atom stereocenters. The molecule has 0 aromatic carbocycles. The van der Waals surface area contributed by atoms with Gasteiger partial charge < -0.3 is 20.0 Å². The molecule has 0 fully saturated rings. The number of nitrogens with zero attached hydrogens (tertiary/aromatic N) is 4. The van der Waals surface area contributed by atoms with E-state index in [9.17, 15) is 9.59 Å². The van der Waals surface area contributed by atoms with Crippen molar-refractivity contribution in [1.82, 2.24) is 19.2 Å². The highest BCUT2D eigenvalue weighted by molar-refractivity contribution is 5.81. The first-order chi connectivity index (χ1) is 11.9. The molecule has 130 valence electrons. The molecule has 0 amide bonds. The van der Waals surface area contributed by atoms with Gasteiger partial charge in [-0.25, -0.2) is 9.67 Å². The fourth-order valence-corrected chi connectivity index (χ4v) is 2.67. The Morgan fingerprint density at radius 1 is 1.44 bits per heavy atom. The molecule has 0 aliphatic rings. The van der Waals surface area contributed by atoms with Crippen molar-refractivity contribution in [2.24, 2.45) is 12.8 Å². The lowest BCUT2D eigenvalue weighted by atomic mass is 10.1. The molecule has 3 heterocycles. The Morgan fingerprint density at radius 3 is 2.88 bits per heavy atom. The second-order valence-electron chi connectivity index (χ2n) is 5.52. The van der Waals surface area contributed by atoms with Crippen LogP contribution in [0.1, 0.15) is 5.69 Å². The van der Waals surface area contributed by atoms with Gasteiger partial charge in [0, 0.05) is 37.1 Å². The van der Waals surface area contributed by atoms with Gasteiger partial charge in [-0.05, 0) is 12.1 Å². The summed E-state index contributed by atoms with van der Waals surface area (Å²) in [4.78, 5) is 27.9. The van der Waals surface area contributed by atoms with Gasteiger partial charge >= 0.3 is 5.97 Å². The van der Waals surface area contributed by atoms with E-state index < -0.39 is 12.0 Å². The molecule has 0 aliphatic heterocycles. The Kier molecular flexibility index (Phi) is 4.24. The summed E-state index contributed by atoms with van der Waals surface area (Å²) in [6, 6.07) is 2.41. The first kappa shape index (κ1) is 16.7. The first-order valence-corrected chi connectivity index (χ1v) is 7.48. The maximum atomic E-state index is 12.6. The molecule has 3 N–H and O–H groups in total. The molecule has 0 aliphatic carbocycles. The van der Waals surface area contributed by atoms with Gasteiger partial charge in [0.05, 0.1) is 18.9 Å². The normalized spacial score (nSPS) is 12.3. The van der Waals surface area contributed by atoms with E-state index in [1.165, 1.54) is 18.0 Å². The number of imidazole rings is 1. The van der Waals surface area contributed by atoms with E-state index in [1.54, 1.807) is 36.0 Å². The van der Waals surface area contributed by atoms with Crippen molar-refractivity contribution < 1.29 is 14.6 Å². The van der Waals surface area contributed by atoms with E-state index >= 15 is 0 Å². The molecular weight excluding hydrogens is 326 g/mol. The fourth-order valence-electron chi connectivity index (χ4n) is 2.67. The van der Waals surface area contributed by atoms with Gasteiger partial charge in [-0.1, -0.05) is 0 Å². The molecule has 9 heteroatoms. The zero-order valence-corrected chi connectivity index (χ0v) is 13.7. The third-order valence-corrected chi connectivity index (χ3v) is 3.97. The number of fused-ring (bicyclic) bond motifs is 1. The van der Waals surface area contributed by atoms with Gasteiger partial charge in [-0.3, -0.25) is 9.59 Å². The number of hydrogen-bond donors (Lipinski definition) is 2. The van der Waals surface area contributed by atoms with Crippen LogP contribution in [-0.4, -0.2) is 43.4 Å². The van der Waals surface area contributed by atoms with Crippen LogP contribution in [0.4, 0.5) is 0 Å². The highest BCUT2D eigenvalue weighted by atomic mass is 16.5. The van der Waals surface area contributed by atoms with Gasteiger partial charge in [-0.15, -0.1) is 0 Å². The first-order valence-electron chi connectivity index (χ1n) is 7.48. The summed E-state index contributed by atoms with van der Waals surface area (Å²) in [7, 11) is 3.01. The number of carboxylic acid groups (broad SMARTS) is 1. The van der Waals surface area contributed by atoms with Crippen molar-refractivity contribution in [3.63, 3.8) is 0 Å². The van der Waals surface area contributed by atoms with E-state index in [0.717, 1.165) is 0 Å². The summed E-state index contributed by atoms with van der Waals surface area (Å²) in [6.45, 7) is 0. The van der Waals surface area contributed by atoms with Crippen molar-refractivity contribution in [1.29, 1.82) is 0 Å². The number of carbonyl (C=O) groups is 1. The van der Waals surface area contributed by atoms with E-state index in [1.807, 2.05) is 0 Å². The molecule has 0 radical (unpaired) electrons. The Balaban J connectivity index is 2.21. The van der Waals surface area contributed by atoms with Crippen molar-refractivity contribution >= 4 is 11.6 Å². The van der Waals surface area contributed by atoms with Crippen molar-refractivity contribution in [3.05, 3.63) is 46.8 Å². The van der Waals surface area contributed by atoms with Crippen LogP contribution in [0.15, 0.2) is 35.5 Å². The average molecular weight is 343 g/mol. The number of nitrogens with two attached hydrogens (primary N) is 1. The zero-order chi connectivity index (χ0) is 18.1. The highest BCUT2D eigenvalue weighted by Gasteiger charge is 2.20. The number of aliphatic carboxylic acids is 1. The monoisotopic (exact) mass is 343 g/mol. The molecular formula is C16H17N5O4. The predicted octanol–water partition coefficient (Wildman–Crippen LogP) is 0.0580. The summed E-state index contributed by atoms with van der Waals surface area (Å²) in [6.07, 6.45) is 4.87. The maximum Gasteiger partial charge on any atom is 0.320 e. The Hall–Kier alpha value is -3.20. The van der Waals surface area contributed by atoms with Gasteiger partial charge in [0.1, 0.15) is 11.7 Å². The van der Waals surface area contributed by atoms with Gasteiger partial charge in [0.2, 0.25) is 0 Å². The quantitative estimate of drug-likeness (QED) is 0.671. The number of rotatable bonds is 5. The Labute approximate surface area is 142 Å². The van der Waals surface area contributed by atoms with Gasteiger partial charge in [-0.2, -0.15) is 5.10 Å². The third-order valence-electron chi connectivity index (χ3n) is 3.97.